The molecule has 0 radical (unpaired) electrons. The molecule has 0 bridgehead atoms. The Morgan fingerprint density at radius 3 is 2.50 bits per heavy atom. The minimum absolute atomic E-state index is 0.00408. The molecular weight excluding hydrogens is 318 g/mol. The molecule has 3 amide bonds. The van der Waals surface area contributed by atoms with Crippen molar-refractivity contribution in [2.45, 2.75) is 26.0 Å². The molecule has 2 rings (SSSR count). The normalized spacial score (nSPS) is 16.1. The first-order chi connectivity index (χ1) is 11.1. The van der Waals surface area contributed by atoms with E-state index in [4.69, 9.17) is 10.5 Å². The van der Waals surface area contributed by atoms with Crippen molar-refractivity contribution in [3.63, 3.8) is 0 Å². The van der Waals surface area contributed by atoms with Gasteiger partial charge in [0.15, 0.2) is 12.4 Å². The Labute approximate surface area is 138 Å². The number of rotatable bonds is 5. The van der Waals surface area contributed by atoms with Crippen LogP contribution in [0.5, 0.6) is 0 Å². The number of nitrogens with one attached hydrogen (secondary N) is 1. The molecule has 2 heterocycles. The summed E-state index contributed by atoms with van der Waals surface area (Å²) in [6.45, 7) is 2.36. The van der Waals surface area contributed by atoms with Gasteiger partial charge in [0, 0.05) is 14.1 Å². The topological polar surface area (TPSA) is 144 Å². The summed E-state index contributed by atoms with van der Waals surface area (Å²) in [6, 6.07) is -0.638. The second-order valence-corrected chi connectivity index (χ2v) is 5.91. The summed E-state index contributed by atoms with van der Waals surface area (Å²) in [5.41, 5.74) is 4.53. The van der Waals surface area contributed by atoms with E-state index < -0.39 is 30.0 Å². The Morgan fingerprint density at radius 2 is 1.96 bits per heavy atom. The molecule has 0 saturated carbocycles. The van der Waals surface area contributed by atoms with Gasteiger partial charge < -0.3 is 20.7 Å². The number of urea groups is 1. The Bertz CT molecular complexity index is 689. The zero-order valence-corrected chi connectivity index (χ0v) is 13.9. The number of carbonyl (C=O) groups excluding carboxylic acids is 3. The van der Waals surface area contributed by atoms with Gasteiger partial charge in [-0.3, -0.25) is 14.5 Å². The van der Waals surface area contributed by atoms with Crippen LogP contribution < -0.4 is 16.0 Å². The largest absolute Gasteiger partial charge is 0.456 e. The number of carbonyl (C=O) groups is 3. The lowest BCUT2D eigenvalue weighted by Crippen LogP contribution is -2.41. The summed E-state index contributed by atoms with van der Waals surface area (Å²) in [5.74, 6) is -0.776. The first-order valence-electron chi connectivity index (χ1n) is 7.07. The Morgan fingerprint density at radius 1 is 1.29 bits per heavy atom. The van der Waals surface area contributed by atoms with Gasteiger partial charge >= 0.3 is 12.0 Å². The highest BCUT2D eigenvalue weighted by Gasteiger charge is 2.45. The van der Waals surface area contributed by atoms with E-state index in [9.17, 15) is 14.4 Å². The van der Waals surface area contributed by atoms with Crippen LogP contribution in [0, 0.1) is 0 Å². The third kappa shape index (κ3) is 3.67. The highest BCUT2D eigenvalue weighted by atomic mass is 16.5. The monoisotopic (exact) mass is 337 g/mol. The second kappa shape index (κ2) is 6.26. The molecule has 0 unspecified atom stereocenters. The molecule has 24 heavy (non-hydrogen) atoms. The lowest BCUT2D eigenvalue weighted by Gasteiger charge is -2.15. The molecule has 1 aliphatic rings. The molecule has 1 aromatic rings. The van der Waals surface area contributed by atoms with E-state index in [1.807, 2.05) is 0 Å². The quantitative estimate of drug-likeness (QED) is 0.505. The number of amides is 3. The van der Waals surface area contributed by atoms with E-state index >= 15 is 0 Å². The summed E-state index contributed by atoms with van der Waals surface area (Å²) in [5, 5.41) is 2.47. The van der Waals surface area contributed by atoms with Crippen molar-refractivity contribution < 1.29 is 19.1 Å². The highest BCUT2D eigenvalue weighted by molar-refractivity contribution is 6.08. The van der Waals surface area contributed by atoms with Gasteiger partial charge in [-0.05, 0) is 13.8 Å². The van der Waals surface area contributed by atoms with Gasteiger partial charge in [0.05, 0.1) is 0 Å². The number of nitrogen functional groups attached to an aromatic ring is 1. The molecule has 11 nitrogen and oxygen atoms in total. The van der Waals surface area contributed by atoms with Crippen LogP contribution in [-0.4, -0.2) is 63.9 Å². The van der Waals surface area contributed by atoms with E-state index in [0.29, 0.717) is 5.95 Å². The van der Waals surface area contributed by atoms with Crippen LogP contribution in [0.1, 0.15) is 19.7 Å². The molecule has 1 aliphatic heterocycles. The number of hydrogen-bond donors (Lipinski definition) is 2. The molecule has 11 heteroatoms. The van der Waals surface area contributed by atoms with Crippen LogP contribution in [0.2, 0.25) is 0 Å². The van der Waals surface area contributed by atoms with Crippen LogP contribution in [0.4, 0.5) is 16.7 Å². The minimum atomic E-state index is -1.04. The van der Waals surface area contributed by atoms with E-state index in [1.54, 1.807) is 32.8 Å². The predicted molar refractivity (Wildman–Crippen MR) is 82.7 cm³/mol. The second-order valence-electron chi connectivity index (χ2n) is 5.91. The first kappa shape index (κ1) is 17.4. The summed E-state index contributed by atoms with van der Waals surface area (Å²) in [7, 11) is 3.45. The fourth-order valence-corrected chi connectivity index (χ4v) is 1.97. The Kier molecular flexibility index (Phi) is 4.53. The average molecular weight is 337 g/mol. The van der Waals surface area contributed by atoms with E-state index in [-0.39, 0.29) is 18.4 Å². The van der Waals surface area contributed by atoms with Crippen molar-refractivity contribution in [3.8, 4) is 0 Å². The van der Waals surface area contributed by atoms with Crippen LogP contribution in [0.25, 0.3) is 0 Å². The number of hydrogen-bond acceptors (Lipinski definition) is 9. The molecule has 1 saturated heterocycles. The smallest absolute Gasteiger partial charge is 0.326 e. The zero-order valence-electron chi connectivity index (χ0n) is 13.9. The lowest BCUT2D eigenvalue weighted by molar-refractivity contribution is -0.148. The maximum Gasteiger partial charge on any atom is 0.326 e. The molecule has 3 N–H and O–H groups in total. The third-order valence-electron chi connectivity index (χ3n) is 3.18. The number of imide groups is 1. The van der Waals surface area contributed by atoms with Crippen LogP contribution >= 0.6 is 0 Å². The van der Waals surface area contributed by atoms with Gasteiger partial charge in [-0.15, -0.1) is 0 Å². The molecule has 0 aromatic carbocycles. The highest BCUT2D eigenvalue weighted by Crippen LogP contribution is 2.16. The van der Waals surface area contributed by atoms with Crippen molar-refractivity contribution >= 4 is 29.8 Å². The van der Waals surface area contributed by atoms with Crippen molar-refractivity contribution in [2.75, 3.05) is 31.3 Å². The molecule has 0 atom stereocenters. The lowest BCUT2D eigenvalue weighted by atomic mass is 10.1. The molecule has 1 aromatic heterocycles. The van der Waals surface area contributed by atoms with Gasteiger partial charge in [-0.2, -0.15) is 15.0 Å². The van der Waals surface area contributed by atoms with Crippen molar-refractivity contribution in [1.29, 1.82) is 0 Å². The number of nitrogens with two attached hydrogens (primary N) is 1. The third-order valence-corrected chi connectivity index (χ3v) is 3.18. The number of nitrogens with zero attached hydrogens (tertiary/aromatic N) is 5. The predicted octanol–water partition coefficient (Wildman–Crippen LogP) is -1.11. The first-order valence-corrected chi connectivity index (χ1v) is 7.07. The van der Waals surface area contributed by atoms with Gasteiger partial charge in [0.1, 0.15) is 12.1 Å². The Balaban J connectivity index is 1.97. The van der Waals surface area contributed by atoms with Crippen molar-refractivity contribution in [2.24, 2.45) is 0 Å². The standard InChI is InChI=1S/C13H19N7O4/c1-13(2)9(22)20(12(23)18-13)5-8(21)24-6-7-15-10(14)17-11(16-7)19(3)4/h5-6H2,1-4H3,(H,18,23)(H2,14,15,16,17). The molecule has 0 aliphatic carbocycles. The van der Waals surface area contributed by atoms with Crippen molar-refractivity contribution in [3.05, 3.63) is 5.82 Å². The van der Waals surface area contributed by atoms with E-state index in [1.165, 1.54) is 0 Å². The zero-order chi connectivity index (χ0) is 18.1. The van der Waals surface area contributed by atoms with Gasteiger partial charge in [0.2, 0.25) is 11.9 Å². The SMILES string of the molecule is CN(C)c1nc(N)nc(COC(=O)CN2C(=O)NC(C)(C)C2=O)n1. The number of anilines is 2. The fourth-order valence-electron chi connectivity index (χ4n) is 1.97. The number of aromatic nitrogens is 3. The van der Waals surface area contributed by atoms with Gasteiger partial charge in [-0.1, -0.05) is 0 Å². The molecular formula is C13H19N7O4. The maximum absolute atomic E-state index is 12.0. The van der Waals surface area contributed by atoms with Crippen LogP contribution in [0.15, 0.2) is 0 Å². The summed E-state index contributed by atoms with van der Waals surface area (Å²) >= 11 is 0. The fraction of sp³-hybridized carbons (Fsp3) is 0.538. The Hall–Kier alpha value is -2.98. The molecule has 0 spiro atoms. The number of esters is 1. The van der Waals surface area contributed by atoms with E-state index in [2.05, 4.69) is 20.3 Å². The van der Waals surface area contributed by atoms with Crippen molar-refractivity contribution in [1.82, 2.24) is 25.2 Å². The van der Waals surface area contributed by atoms with Gasteiger partial charge in [-0.25, -0.2) is 4.79 Å². The summed E-state index contributed by atoms with van der Waals surface area (Å²) in [6.07, 6.45) is 0. The van der Waals surface area contributed by atoms with Crippen LogP contribution in [0.3, 0.4) is 0 Å². The van der Waals surface area contributed by atoms with Crippen LogP contribution in [-0.2, 0) is 20.9 Å². The van der Waals surface area contributed by atoms with E-state index in [0.717, 1.165) is 4.90 Å². The average Bonchev–Trinajstić information content (AvgIpc) is 2.66. The number of ether oxygens (including phenoxy) is 1. The molecule has 130 valence electrons. The molecule has 1 fully saturated rings. The van der Waals surface area contributed by atoms with Gasteiger partial charge in [0.25, 0.3) is 5.91 Å². The minimum Gasteiger partial charge on any atom is -0.456 e. The summed E-state index contributed by atoms with van der Waals surface area (Å²) < 4.78 is 5.00. The summed E-state index contributed by atoms with van der Waals surface area (Å²) in [4.78, 5) is 49.8. The maximum atomic E-state index is 12.0.